The minimum absolute atomic E-state index is 0.511. The zero-order chi connectivity index (χ0) is 47.5. The predicted molar refractivity (Wildman–Crippen MR) is 302 cm³/mol. The molecule has 11 aromatic rings. The number of rotatable bonds is 12. The number of para-hydroxylation sites is 3. The summed E-state index contributed by atoms with van der Waals surface area (Å²) < 4.78 is 0. The number of hydrogen-bond acceptors (Lipinski definition) is 4. The summed E-state index contributed by atoms with van der Waals surface area (Å²) in [5, 5.41) is 4.85. The molecular weight excluding hydrogens is 861 g/mol. The lowest BCUT2D eigenvalue weighted by Crippen LogP contribution is -2.14. The van der Waals surface area contributed by atoms with Crippen LogP contribution in [0.2, 0.25) is 0 Å². The van der Waals surface area contributed by atoms with E-state index in [1.807, 2.05) is 0 Å². The molecule has 0 aliphatic heterocycles. The Morgan fingerprint density at radius 1 is 0.268 bits per heavy atom. The van der Waals surface area contributed by atoms with Gasteiger partial charge >= 0.3 is 0 Å². The fourth-order valence-corrected chi connectivity index (χ4v) is 10.2. The number of nitrogens with zero attached hydrogens (tertiary/aromatic N) is 4. The maximum atomic E-state index is 2.37. The number of hydrogen-bond donors (Lipinski definition) is 0. The number of allylic oxidation sites excluding steroid dienone is 1. The average molecular weight is 913 g/mol. The quantitative estimate of drug-likeness (QED) is 0.121. The van der Waals surface area contributed by atoms with Crippen LogP contribution in [0.15, 0.2) is 273 Å². The van der Waals surface area contributed by atoms with Gasteiger partial charge in [0, 0.05) is 68.2 Å². The van der Waals surface area contributed by atoms with E-state index in [2.05, 4.69) is 306 Å². The van der Waals surface area contributed by atoms with Crippen LogP contribution in [0.1, 0.15) is 18.1 Å². The Morgan fingerprint density at radius 3 is 0.930 bits per heavy atom. The van der Waals surface area contributed by atoms with Gasteiger partial charge in [0.15, 0.2) is 0 Å². The molecule has 340 valence electrons. The van der Waals surface area contributed by atoms with Crippen molar-refractivity contribution in [2.24, 2.45) is 5.92 Å². The van der Waals surface area contributed by atoms with Gasteiger partial charge in [-0.3, -0.25) is 0 Å². The van der Waals surface area contributed by atoms with Crippen molar-refractivity contribution < 1.29 is 0 Å². The summed E-state index contributed by atoms with van der Waals surface area (Å²) in [7, 11) is 0. The molecule has 0 saturated carbocycles. The topological polar surface area (TPSA) is 13.0 Å². The largest absolute Gasteiger partial charge is 0.310 e. The van der Waals surface area contributed by atoms with Gasteiger partial charge in [0.25, 0.3) is 0 Å². The molecule has 0 heterocycles. The molecule has 0 amide bonds. The van der Waals surface area contributed by atoms with Crippen LogP contribution in [0.3, 0.4) is 0 Å². The molecule has 11 aromatic carbocycles. The summed E-state index contributed by atoms with van der Waals surface area (Å²) in [4.78, 5) is 9.41. The minimum atomic E-state index is 0.511. The molecule has 1 atom stereocenters. The van der Waals surface area contributed by atoms with Crippen LogP contribution in [0, 0.1) is 5.92 Å². The summed E-state index contributed by atoms with van der Waals surface area (Å²) in [5.74, 6) is 0.511. The molecule has 4 heteroatoms. The molecule has 1 aliphatic rings. The first kappa shape index (κ1) is 43.2. The Labute approximate surface area is 416 Å². The van der Waals surface area contributed by atoms with Crippen molar-refractivity contribution in [3.05, 3.63) is 284 Å². The van der Waals surface area contributed by atoms with Gasteiger partial charge in [-0.25, -0.2) is 0 Å². The van der Waals surface area contributed by atoms with E-state index in [1.165, 1.54) is 32.7 Å². The Morgan fingerprint density at radius 2 is 0.549 bits per heavy atom. The van der Waals surface area contributed by atoms with Gasteiger partial charge in [-0.2, -0.15) is 0 Å². The van der Waals surface area contributed by atoms with Crippen LogP contribution >= 0.6 is 0 Å². The fourth-order valence-electron chi connectivity index (χ4n) is 10.2. The van der Waals surface area contributed by atoms with Crippen LogP contribution in [-0.2, 0) is 6.42 Å². The molecule has 0 radical (unpaired) electrons. The number of anilines is 12. The molecule has 1 aliphatic carbocycles. The van der Waals surface area contributed by atoms with Gasteiger partial charge in [-0.1, -0.05) is 140 Å². The van der Waals surface area contributed by atoms with E-state index in [0.717, 1.165) is 74.7 Å². The molecule has 0 N–H and O–H groups in total. The summed E-state index contributed by atoms with van der Waals surface area (Å²) in [5.41, 5.74) is 15.7. The maximum Gasteiger partial charge on any atom is 0.0468 e. The SMILES string of the molecule is CC1C=Cc2ccc(N(c3ccccc3)c3ccc(N(c4ccc(N(c5ccccc5)c5ccc6ccccc6c5)cc4)c4ccc(N(c5ccccc5)c5ccc6ccccc6c5)cc4)cc3)cc2C1. The van der Waals surface area contributed by atoms with Crippen molar-refractivity contribution in [2.45, 2.75) is 13.3 Å². The highest BCUT2D eigenvalue weighted by molar-refractivity contribution is 5.92. The van der Waals surface area contributed by atoms with Gasteiger partial charge in [0.1, 0.15) is 0 Å². The second-order valence-corrected chi connectivity index (χ2v) is 18.4. The molecule has 0 saturated heterocycles. The standard InChI is InChI=1S/C67H52N4/c1-49-25-26-52-29-32-67(48-55(52)45-49)71(58-23-9-4-10-24-58)64-43-37-61(38-44-64)68(59-33-39-62(40-34-59)69(56-19-5-2-6-20-56)65-30-27-50-15-11-13-17-53(50)46-65)60-35-41-63(42-36-60)70(57-21-7-3-8-22-57)66-31-28-51-16-12-14-18-54(51)47-66/h2-44,46-49H,45H2,1H3. The Balaban J connectivity index is 0.956. The van der Waals surface area contributed by atoms with E-state index >= 15 is 0 Å². The highest BCUT2D eigenvalue weighted by Gasteiger charge is 2.21. The smallest absolute Gasteiger partial charge is 0.0468 e. The molecule has 12 rings (SSSR count). The van der Waals surface area contributed by atoms with E-state index in [4.69, 9.17) is 0 Å². The first-order chi connectivity index (χ1) is 35.1. The van der Waals surface area contributed by atoms with Crippen LogP contribution in [-0.4, -0.2) is 0 Å². The highest BCUT2D eigenvalue weighted by atomic mass is 15.2. The van der Waals surface area contributed by atoms with E-state index in [1.54, 1.807) is 0 Å². The zero-order valence-electron chi connectivity index (χ0n) is 39.6. The molecular formula is C67H52N4. The molecule has 0 spiro atoms. The predicted octanol–water partition coefficient (Wildman–Crippen LogP) is 19.1. The van der Waals surface area contributed by atoms with E-state index in [-0.39, 0.29) is 0 Å². The third kappa shape index (κ3) is 8.80. The Hall–Kier alpha value is -9.12. The zero-order valence-corrected chi connectivity index (χ0v) is 39.6. The molecule has 4 nitrogen and oxygen atoms in total. The van der Waals surface area contributed by atoms with E-state index in [0.29, 0.717) is 5.92 Å². The van der Waals surface area contributed by atoms with Gasteiger partial charge in [0.2, 0.25) is 0 Å². The lowest BCUT2D eigenvalue weighted by Gasteiger charge is -2.30. The van der Waals surface area contributed by atoms with Crippen molar-refractivity contribution in [3.63, 3.8) is 0 Å². The van der Waals surface area contributed by atoms with Crippen LogP contribution < -0.4 is 19.6 Å². The van der Waals surface area contributed by atoms with E-state index in [9.17, 15) is 0 Å². The van der Waals surface area contributed by atoms with Crippen molar-refractivity contribution >= 4 is 95.9 Å². The third-order valence-electron chi connectivity index (χ3n) is 13.7. The van der Waals surface area contributed by atoms with Crippen molar-refractivity contribution in [3.8, 4) is 0 Å². The maximum absolute atomic E-state index is 2.37. The normalized spacial score (nSPS) is 12.9. The van der Waals surface area contributed by atoms with Gasteiger partial charge in [0.05, 0.1) is 0 Å². The monoisotopic (exact) mass is 912 g/mol. The van der Waals surface area contributed by atoms with Crippen LogP contribution in [0.4, 0.5) is 68.2 Å². The average Bonchev–Trinajstić information content (AvgIpc) is 3.43. The van der Waals surface area contributed by atoms with Crippen molar-refractivity contribution in [1.29, 1.82) is 0 Å². The second kappa shape index (κ2) is 19.1. The lowest BCUT2D eigenvalue weighted by molar-refractivity contribution is 0.717. The molecule has 0 aromatic heterocycles. The van der Waals surface area contributed by atoms with Gasteiger partial charge in [-0.15, -0.1) is 0 Å². The summed E-state index contributed by atoms with van der Waals surface area (Å²) in [6.07, 6.45) is 5.62. The minimum Gasteiger partial charge on any atom is -0.310 e. The molecule has 0 bridgehead atoms. The summed E-state index contributed by atoms with van der Waals surface area (Å²) in [6.45, 7) is 2.29. The van der Waals surface area contributed by atoms with Crippen LogP contribution in [0.25, 0.3) is 27.6 Å². The van der Waals surface area contributed by atoms with Gasteiger partial charge in [-0.05, 0) is 191 Å². The highest BCUT2D eigenvalue weighted by Crippen LogP contribution is 2.44. The summed E-state index contributed by atoms with van der Waals surface area (Å²) in [6, 6.07) is 96.4. The third-order valence-corrected chi connectivity index (χ3v) is 13.7. The van der Waals surface area contributed by atoms with Crippen molar-refractivity contribution in [1.82, 2.24) is 0 Å². The second-order valence-electron chi connectivity index (χ2n) is 18.4. The molecule has 71 heavy (non-hydrogen) atoms. The van der Waals surface area contributed by atoms with Crippen LogP contribution in [0.5, 0.6) is 0 Å². The first-order valence-electron chi connectivity index (χ1n) is 24.5. The Bertz CT molecular complexity index is 3460. The lowest BCUT2D eigenvalue weighted by atomic mass is 9.90. The summed E-state index contributed by atoms with van der Waals surface area (Å²) >= 11 is 0. The van der Waals surface area contributed by atoms with E-state index < -0.39 is 0 Å². The number of benzene rings is 11. The van der Waals surface area contributed by atoms with Gasteiger partial charge < -0.3 is 19.6 Å². The molecule has 0 fully saturated rings. The first-order valence-corrected chi connectivity index (χ1v) is 24.5. The molecule has 1 unspecified atom stereocenters. The van der Waals surface area contributed by atoms with Crippen molar-refractivity contribution in [2.75, 3.05) is 19.6 Å². The fraction of sp³-hybridized carbons (Fsp3) is 0.0448. The Kier molecular flexibility index (Phi) is 11.6. The number of fused-ring (bicyclic) bond motifs is 3.